The number of aliphatic hydroxyl groups is 1. The summed E-state index contributed by atoms with van der Waals surface area (Å²) in [6.45, 7) is 3.51. The zero-order valence-electron chi connectivity index (χ0n) is 14.0. The second kappa shape index (κ2) is 7.27. The Morgan fingerprint density at radius 3 is 2.67 bits per heavy atom. The second-order valence-corrected chi connectivity index (χ2v) is 5.74. The minimum absolute atomic E-state index is 0.138. The topological polar surface area (TPSA) is 87.9 Å². The fraction of sp³-hybridized carbons (Fsp3) is 0.353. The largest absolute Gasteiger partial charge is 0.396 e. The quantitative estimate of drug-likeness (QED) is 0.576. The van der Waals surface area contributed by atoms with Gasteiger partial charge in [0.2, 0.25) is 5.95 Å². The Hall–Kier alpha value is -2.67. The monoisotopic (exact) mass is 326 g/mol. The van der Waals surface area contributed by atoms with Gasteiger partial charge in [-0.25, -0.2) is 0 Å². The minimum atomic E-state index is 0.138. The highest BCUT2D eigenvalue weighted by atomic mass is 16.3. The Morgan fingerprint density at radius 1 is 1.12 bits per heavy atom. The minimum Gasteiger partial charge on any atom is -0.396 e. The van der Waals surface area contributed by atoms with Crippen molar-refractivity contribution in [2.45, 2.75) is 19.9 Å². The molecule has 7 nitrogen and oxygen atoms in total. The van der Waals surface area contributed by atoms with Crippen molar-refractivity contribution in [2.75, 3.05) is 23.8 Å². The molecule has 7 heteroatoms. The Labute approximate surface area is 140 Å². The first kappa shape index (κ1) is 16.2. The maximum absolute atomic E-state index is 8.90. The molecule has 126 valence electrons. The van der Waals surface area contributed by atoms with E-state index in [9.17, 15) is 0 Å². The molecule has 0 aliphatic rings. The van der Waals surface area contributed by atoms with Gasteiger partial charge in [-0.05, 0) is 18.9 Å². The van der Waals surface area contributed by atoms with E-state index in [0.717, 1.165) is 16.9 Å². The van der Waals surface area contributed by atoms with Crippen LogP contribution in [0.2, 0.25) is 0 Å². The molecular formula is C17H22N6O. The number of nitrogens with one attached hydrogen (secondary N) is 2. The summed E-state index contributed by atoms with van der Waals surface area (Å²) in [5, 5.41) is 20.6. The number of hydrogen-bond donors (Lipinski definition) is 3. The lowest BCUT2D eigenvalue weighted by atomic mass is 10.1. The second-order valence-electron chi connectivity index (χ2n) is 5.74. The summed E-state index contributed by atoms with van der Waals surface area (Å²) in [5.74, 6) is 1.28. The van der Waals surface area contributed by atoms with Crippen molar-refractivity contribution in [3.05, 3.63) is 41.6 Å². The molecule has 1 aromatic carbocycles. The lowest BCUT2D eigenvalue weighted by molar-refractivity contribution is 0.292. The van der Waals surface area contributed by atoms with E-state index in [1.807, 2.05) is 7.05 Å². The number of aryl methyl sites for hydroxylation is 2. The van der Waals surface area contributed by atoms with Crippen molar-refractivity contribution in [3.63, 3.8) is 0 Å². The molecule has 0 fully saturated rings. The molecular weight excluding hydrogens is 304 g/mol. The van der Waals surface area contributed by atoms with Gasteiger partial charge in [-0.15, -0.1) is 0 Å². The molecule has 24 heavy (non-hydrogen) atoms. The normalized spacial score (nSPS) is 11.0. The maximum atomic E-state index is 8.90. The van der Waals surface area contributed by atoms with E-state index in [0.29, 0.717) is 25.5 Å². The summed E-state index contributed by atoms with van der Waals surface area (Å²) in [7, 11) is 1.86. The first-order chi connectivity index (χ1) is 11.7. The fourth-order valence-corrected chi connectivity index (χ4v) is 2.41. The predicted molar refractivity (Wildman–Crippen MR) is 95.0 cm³/mol. The number of rotatable bonds is 7. The Morgan fingerprint density at radius 2 is 1.92 bits per heavy atom. The zero-order valence-corrected chi connectivity index (χ0v) is 14.0. The van der Waals surface area contributed by atoms with Crippen molar-refractivity contribution in [2.24, 2.45) is 7.05 Å². The molecule has 0 amide bonds. The summed E-state index contributed by atoms with van der Waals surface area (Å²) in [4.78, 5) is 9.04. The summed E-state index contributed by atoms with van der Waals surface area (Å²) in [6, 6.07) is 8.39. The molecule has 3 aromatic rings. The molecule has 0 aliphatic heterocycles. The van der Waals surface area contributed by atoms with Crippen LogP contribution in [0.5, 0.6) is 0 Å². The third-order valence-corrected chi connectivity index (χ3v) is 3.79. The highest BCUT2D eigenvalue weighted by Gasteiger charge is 2.11. The molecule has 0 radical (unpaired) electrons. The molecule has 3 rings (SSSR count). The summed E-state index contributed by atoms with van der Waals surface area (Å²) in [6.07, 6.45) is 2.42. The average Bonchev–Trinajstić information content (AvgIpc) is 2.96. The van der Waals surface area contributed by atoms with Crippen LogP contribution in [0.4, 0.5) is 11.8 Å². The van der Waals surface area contributed by atoms with Gasteiger partial charge in [0.15, 0.2) is 5.65 Å². The van der Waals surface area contributed by atoms with E-state index in [1.165, 1.54) is 11.1 Å². The molecule has 0 saturated heterocycles. The average molecular weight is 326 g/mol. The number of nitrogens with zero attached hydrogens (tertiary/aromatic N) is 4. The first-order valence-electron chi connectivity index (χ1n) is 8.01. The van der Waals surface area contributed by atoms with E-state index in [1.54, 1.807) is 10.9 Å². The molecule has 3 N–H and O–H groups in total. The van der Waals surface area contributed by atoms with Gasteiger partial charge in [0.1, 0.15) is 5.82 Å². The van der Waals surface area contributed by atoms with Crippen LogP contribution >= 0.6 is 0 Å². The third kappa shape index (κ3) is 3.62. The van der Waals surface area contributed by atoms with Gasteiger partial charge in [-0.3, -0.25) is 4.68 Å². The van der Waals surface area contributed by atoms with E-state index in [2.05, 4.69) is 56.9 Å². The van der Waals surface area contributed by atoms with E-state index in [4.69, 9.17) is 5.11 Å². The van der Waals surface area contributed by atoms with Crippen molar-refractivity contribution in [1.29, 1.82) is 0 Å². The van der Waals surface area contributed by atoms with E-state index in [-0.39, 0.29) is 6.61 Å². The van der Waals surface area contributed by atoms with Crippen LogP contribution in [-0.4, -0.2) is 38.0 Å². The van der Waals surface area contributed by atoms with Crippen molar-refractivity contribution >= 4 is 22.8 Å². The highest BCUT2D eigenvalue weighted by Crippen LogP contribution is 2.22. The Balaban J connectivity index is 1.83. The molecule has 0 saturated carbocycles. The number of fused-ring (bicyclic) bond motifs is 1. The Bertz CT molecular complexity index is 812. The number of anilines is 2. The zero-order chi connectivity index (χ0) is 16.9. The van der Waals surface area contributed by atoms with Gasteiger partial charge < -0.3 is 15.7 Å². The smallest absolute Gasteiger partial charge is 0.226 e. The molecule has 2 aromatic heterocycles. The van der Waals surface area contributed by atoms with Crippen LogP contribution in [-0.2, 0) is 13.6 Å². The van der Waals surface area contributed by atoms with Gasteiger partial charge in [-0.2, -0.15) is 15.1 Å². The Kier molecular flexibility index (Phi) is 4.90. The number of benzene rings is 1. The van der Waals surface area contributed by atoms with Crippen LogP contribution < -0.4 is 10.6 Å². The van der Waals surface area contributed by atoms with Crippen molar-refractivity contribution < 1.29 is 5.11 Å². The van der Waals surface area contributed by atoms with Crippen molar-refractivity contribution in [1.82, 2.24) is 19.7 Å². The summed E-state index contributed by atoms with van der Waals surface area (Å²) < 4.78 is 1.73. The van der Waals surface area contributed by atoms with Gasteiger partial charge in [0.25, 0.3) is 0 Å². The molecule has 0 spiro atoms. The predicted octanol–water partition coefficient (Wildman–Crippen LogP) is 2.08. The third-order valence-electron chi connectivity index (χ3n) is 3.79. The highest BCUT2D eigenvalue weighted by molar-refractivity contribution is 5.87. The van der Waals surface area contributed by atoms with Crippen LogP contribution in [0, 0.1) is 6.92 Å². The van der Waals surface area contributed by atoms with Crippen LogP contribution in [0.25, 0.3) is 11.0 Å². The number of aromatic nitrogens is 4. The molecule has 0 unspecified atom stereocenters. The lowest BCUT2D eigenvalue weighted by Gasteiger charge is -2.10. The van der Waals surface area contributed by atoms with Gasteiger partial charge in [-0.1, -0.05) is 29.8 Å². The lowest BCUT2D eigenvalue weighted by Crippen LogP contribution is -2.10. The first-order valence-corrected chi connectivity index (χ1v) is 8.01. The maximum Gasteiger partial charge on any atom is 0.226 e. The van der Waals surface area contributed by atoms with Gasteiger partial charge in [0.05, 0.1) is 11.6 Å². The van der Waals surface area contributed by atoms with Gasteiger partial charge in [0, 0.05) is 26.7 Å². The van der Waals surface area contributed by atoms with Crippen LogP contribution in [0.3, 0.4) is 0 Å². The van der Waals surface area contributed by atoms with E-state index >= 15 is 0 Å². The van der Waals surface area contributed by atoms with Gasteiger partial charge >= 0.3 is 0 Å². The number of aliphatic hydroxyl groups excluding tert-OH is 1. The summed E-state index contributed by atoms with van der Waals surface area (Å²) >= 11 is 0. The summed E-state index contributed by atoms with van der Waals surface area (Å²) in [5.41, 5.74) is 3.19. The van der Waals surface area contributed by atoms with Crippen LogP contribution in [0.1, 0.15) is 17.5 Å². The number of hydrogen-bond acceptors (Lipinski definition) is 6. The molecule has 2 heterocycles. The van der Waals surface area contributed by atoms with Crippen molar-refractivity contribution in [3.8, 4) is 0 Å². The molecule has 0 atom stereocenters. The van der Waals surface area contributed by atoms with E-state index < -0.39 is 0 Å². The van der Waals surface area contributed by atoms with Crippen LogP contribution in [0.15, 0.2) is 30.5 Å². The SMILES string of the molecule is Cc1ccc(CNc2nc(NCCCO)nc3c2cnn3C)cc1. The fourth-order valence-electron chi connectivity index (χ4n) is 2.41. The molecule has 0 bridgehead atoms. The molecule has 0 aliphatic carbocycles. The standard InChI is InChI=1S/C17H22N6O/c1-12-4-6-13(7-5-12)10-19-15-14-11-20-23(2)16(14)22-17(21-15)18-8-3-9-24/h4-7,11,24H,3,8-10H2,1-2H3,(H2,18,19,21,22).